The molecule has 2 heterocycles. The number of likely N-dealkylation sites (N-methyl/N-ethyl adjacent to an activating group) is 1. The molecule has 1 saturated heterocycles. The van der Waals surface area contributed by atoms with Crippen LogP contribution in [0.2, 0.25) is 0 Å². The molecule has 200 valence electrons. The maximum atomic E-state index is 13.7. The first-order chi connectivity index (χ1) is 17.2. The molecule has 3 aliphatic rings. The third-order valence-electron chi connectivity index (χ3n) is 7.73. The summed E-state index contributed by atoms with van der Waals surface area (Å²) in [6.45, 7) is 5.12. The fourth-order valence-corrected chi connectivity index (χ4v) is 7.19. The van der Waals surface area contributed by atoms with Crippen molar-refractivity contribution in [2.75, 3.05) is 40.0 Å². The van der Waals surface area contributed by atoms with Gasteiger partial charge in [0.2, 0.25) is 15.9 Å². The van der Waals surface area contributed by atoms with Crippen molar-refractivity contribution in [2.24, 2.45) is 11.8 Å². The first-order valence-electron chi connectivity index (χ1n) is 13.2. The predicted molar refractivity (Wildman–Crippen MR) is 138 cm³/mol. The second-order valence-corrected chi connectivity index (χ2v) is 12.3. The number of aliphatic hydroxyl groups excluding tert-OH is 1. The van der Waals surface area contributed by atoms with Gasteiger partial charge in [0, 0.05) is 44.7 Å². The van der Waals surface area contributed by atoms with E-state index in [-0.39, 0.29) is 35.8 Å². The molecule has 1 aliphatic carbocycles. The quantitative estimate of drug-likeness (QED) is 0.618. The number of carbonyl (C=O) groups is 1. The number of allylic oxidation sites excluding steroid dienone is 2. The van der Waals surface area contributed by atoms with E-state index in [1.54, 1.807) is 24.9 Å². The van der Waals surface area contributed by atoms with E-state index in [1.165, 1.54) is 16.3 Å². The Morgan fingerprint density at radius 1 is 1.25 bits per heavy atom. The summed E-state index contributed by atoms with van der Waals surface area (Å²) in [5.74, 6) is 0.128. The zero-order valence-electron chi connectivity index (χ0n) is 21.7. The minimum Gasteiger partial charge on any atom is -0.487 e. The number of aliphatic hydroxyl groups is 1. The van der Waals surface area contributed by atoms with Gasteiger partial charge < -0.3 is 19.5 Å². The van der Waals surface area contributed by atoms with Gasteiger partial charge >= 0.3 is 0 Å². The van der Waals surface area contributed by atoms with Crippen LogP contribution in [0.3, 0.4) is 0 Å². The summed E-state index contributed by atoms with van der Waals surface area (Å²) in [7, 11) is -2.09. The lowest BCUT2D eigenvalue weighted by Crippen LogP contribution is -2.50. The summed E-state index contributed by atoms with van der Waals surface area (Å²) in [6, 6.07) is 4.76. The average molecular weight is 521 g/mol. The maximum absolute atomic E-state index is 13.7. The largest absolute Gasteiger partial charge is 0.487 e. The Kier molecular flexibility index (Phi) is 8.75. The molecular weight excluding hydrogens is 480 g/mol. The number of nitrogens with zero attached hydrogens (tertiary/aromatic N) is 2. The van der Waals surface area contributed by atoms with Crippen LogP contribution in [-0.4, -0.2) is 80.7 Å². The number of ether oxygens (including phenoxy) is 2. The molecule has 3 atom stereocenters. The molecule has 0 spiro atoms. The van der Waals surface area contributed by atoms with Gasteiger partial charge in [0.05, 0.1) is 13.2 Å². The van der Waals surface area contributed by atoms with Crippen molar-refractivity contribution < 1.29 is 27.8 Å². The fourth-order valence-electron chi connectivity index (χ4n) is 5.36. The predicted octanol–water partition coefficient (Wildman–Crippen LogP) is 3.30. The van der Waals surface area contributed by atoms with Crippen molar-refractivity contribution in [3.8, 4) is 5.75 Å². The zero-order valence-corrected chi connectivity index (χ0v) is 22.5. The van der Waals surface area contributed by atoms with Gasteiger partial charge in [-0.3, -0.25) is 4.79 Å². The van der Waals surface area contributed by atoms with Crippen LogP contribution in [0.25, 0.3) is 5.57 Å². The van der Waals surface area contributed by atoms with E-state index in [4.69, 9.17) is 9.47 Å². The first-order valence-corrected chi connectivity index (χ1v) is 14.6. The van der Waals surface area contributed by atoms with E-state index in [0.717, 1.165) is 24.8 Å². The van der Waals surface area contributed by atoms with Crippen LogP contribution in [0.4, 0.5) is 0 Å². The van der Waals surface area contributed by atoms with Gasteiger partial charge in [0.25, 0.3) is 0 Å². The standard InChI is InChI=1S/C27H40N2O6S/c1-19-16-29(20(2)18-30)36(32,33)26-10-9-23(21-7-5-4-6-8-21)15-24(26)35-25(19)17-28(3)27(31)22-11-13-34-14-12-22/h7,9-10,15,19-20,22,25,30H,4-6,8,11-14,16-18H2,1-3H3/t19-,20+,25+/m1/s1. The first kappa shape index (κ1) is 27.1. The average Bonchev–Trinajstić information content (AvgIpc) is 2.90. The van der Waals surface area contributed by atoms with E-state index in [2.05, 4.69) is 6.08 Å². The summed E-state index contributed by atoms with van der Waals surface area (Å²) >= 11 is 0. The van der Waals surface area contributed by atoms with Crippen molar-refractivity contribution in [3.05, 3.63) is 29.8 Å². The number of sulfonamides is 1. The Balaban J connectivity index is 1.68. The number of benzene rings is 1. The minimum atomic E-state index is -3.89. The van der Waals surface area contributed by atoms with E-state index in [0.29, 0.717) is 38.3 Å². The highest BCUT2D eigenvalue weighted by Gasteiger charge is 2.39. The third kappa shape index (κ3) is 5.79. The van der Waals surface area contributed by atoms with Crippen molar-refractivity contribution in [1.82, 2.24) is 9.21 Å². The second kappa shape index (κ2) is 11.6. The molecule has 1 amide bonds. The minimum absolute atomic E-state index is 0.0592. The molecule has 1 N–H and O–H groups in total. The third-order valence-corrected chi connectivity index (χ3v) is 9.75. The van der Waals surface area contributed by atoms with Crippen LogP contribution in [0.15, 0.2) is 29.2 Å². The molecule has 0 radical (unpaired) electrons. The number of hydrogen-bond acceptors (Lipinski definition) is 6. The lowest BCUT2D eigenvalue weighted by molar-refractivity contribution is -0.138. The maximum Gasteiger partial charge on any atom is 0.247 e. The summed E-state index contributed by atoms with van der Waals surface area (Å²) in [5.41, 5.74) is 2.19. The molecule has 0 bridgehead atoms. The van der Waals surface area contributed by atoms with E-state index < -0.39 is 22.2 Å². The summed E-state index contributed by atoms with van der Waals surface area (Å²) in [4.78, 5) is 15.0. The molecule has 4 rings (SSSR count). The van der Waals surface area contributed by atoms with Gasteiger partial charge in [-0.2, -0.15) is 4.31 Å². The number of carbonyl (C=O) groups excluding carboxylic acids is 1. The van der Waals surface area contributed by atoms with Crippen LogP contribution in [0.5, 0.6) is 5.75 Å². The van der Waals surface area contributed by atoms with Gasteiger partial charge in [0.1, 0.15) is 16.7 Å². The van der Waals surface area contributed by atoms with Crippen molar-refractivity contribution >= 4 is 21.5 Å². The molecule has 1 aromatic rings. The number of rotatable bonds is 6. The van der Waals surface area contributed by atoms with Crippen LogP contribution >= 0.6 is 0 Å². The van der Waals surface area contributed by atoms with Gasteiger partial charge in [-0.05, 0) is 68.7 Å². The van der Waals surface area contributed by atoms with Crippen molar-refractivity contribution in [2.45, 2.75) is 69.4 Å². The molecular formula is C27H40N2O6S. The molecule has 9 heteroatoms. The normalized spacial score (nSPS) is 26.1. The van der Waals surface area contributed by atoms with Crippen LogP contribution in [-0.2, 0) is 19.6 Å². The fraction of sp³-hybridized carbons (Fsp3) is 0.667. The van der Waals surface area contributed by atoms with E-state index in [9.17, 15) is 18.3 Å². The second-order valence-electron chi connectivity index (χ2n) is 10.5. The Morgan fingerprint density at radius 2 is 2.00 bits per heavy atom. The molecule has 1 aromatic carbocycles. The molecule has 8 nitrogen and oxygen atoms in total. The SMILES string of the molecule is C[C@@H]1CN([C@@H](C)CO)S(=O)(=O)c2ccc(C3=CCCCC3)cc2O[C@H]1CN(C)C(=O)C1CCOCC1. The Labute approximate surface area is 215 Å². The Morgan fingerprint density at radius 3 is 2.67 bits per heavy atom. The monoisotopic (exact) mass is 520 g/mol. The van der Waals surface area contributed by atoms with Gasteiger partial charge in [0.15, 0.2) is 0 Å². The van der Waals surface area contributed by atoms with Gasteiger partial charge in [-0.15, -0.1) is 0 Å². The molecule has 0 unspecified atom stereocenters. The van der Waals surface area contributed by atoms with E-state index >= 15 is 0 Å². The topological polar surface area (TPSA) is 96.4 Å². The van der Waals surface area contributed by atoms with Crippen molar-refractivity contribution in [1.29, 1.82) is 0 Å². The summed E-state index contributed by atoms with van der Waals surface area (Å²) in [6.07, 6.45) is 7.51. The zero-order chi connectivity index (χ0) is 25.9. The highest BCUT2D eigenvalue weighted by molar-refractivity contribution is 7.89. The highest BCUT2D eigenvalue weighted by atomic mass is 32.2. The lowest BCUT2D eigenvalue weighted by Gasteiger charge is -2.38. The number of hydrogen-bond donors (Lipinski definition) is 1. The number of fused-ring (bicyclic) bond motifs is 1. The Bertz CT molecular complexity index is 1070. The van der Waals surface area contributed by atoms with Gasteiger partial charge in [-0.25, -0.2) is 8.42 Å². The molecule has 0 saturated carbocycles. The molecule has 2 aliphatic heterocycles. The van der Waals surface area contributed by atoms with Gasteiger partial charge in [-0.1, -0.05) is 19.1 Å². The molecule has 36 heavy (non-hydrogen) atoms. The smallest absolute Gasteiger partial charge is 0.247 e. The van der Waals surface area contributed by atoms with Crippen LogP contribution in [0, 0.1) is 11.8 Å². The molecule has 0 aromatic heterocycles. The van der Waals surface area contributed by atoms with Crippen molar-refractivity contribution in [3.63, 3.8) is 0 Å². The lowest BCUT2D eigenvalue weighted by atomic mass is 9.93. The highest BCUT2D eigenvalue weighted by Crippen LogP contribution is 2.37. The van der Waals surface area contributed by atoms with Crippen LogP contribution < -0.4 is 4.74 Å². The Hall–Kier alpha value is -1.94. The number of amides is 1. The molecule has 1 fully saturated rings. The van der Waals surface area contributed by atoms with Crippen LogP contribution in [0.1, 0.15) is 57.9 Å². The summed E-state index contributed by atoms with van der Waals surface area (Å²) < 4.78 is 40.7. The van der Waals surface area contributed by atoms with E-state index in [1.807, 2.05) is 19.1 Å². The summed E-state index contributed by atoms with van der Waals surface area (Å²) in [5, 5.41) is 9.85.